The highest BCUT2D eigenvalue weighted by molar-refractivity contribution is 6.31. The Morgan fingerprint density at radius 2 is 1.13 bits per heavy atom. The van der Waals surface area contributed by atoms with Gasteiger partial charge in [-0.2, -0.15) is 0 Å². The molecule has 30 heavy (non-hydrogen) atoms. The zero-order chi connectivity index (χ0) is 21.7. The van der Waals surface area contributed by atoms with Crippen LogP contribution in [0.3, 0.4) is 0 Å². The first kappa shape index (κ1) is 21.9. The van der Waals surface area contributed by atoms with Gasteiger partial charge in [0.15, 0.2) is 11.6 Å². The van der Waals surface area contributed by atoms with E-state index in [0.717, 1.165) is 0 Å². The maximum absolute atomic E-state index is 13.4. The summed E-state index contributed by atoms with van der Waals surface area (Å²) < 4.78 is 0. The van der Waals surface area contributed by atoms with Gasteiger partial charge in [-0.1, -0.05) is 24.3 Å². The normalized spacial score (nSPS) is 14.7. The summed E-state index contributed by atoms with van der Waals surface area (Å²) in [6, 6.07) is 10.4. The fourth-order valence-corrected chi connectivity index (χ4v) is 3.59. The van der Waals surface area contributed by atoms with Gasteiger partial charge in [-0.3, -0.25) is 20.2 Å². The van der Waals surface area contributed by atoms with Crippen molar-refractivity contribution >= 4 is 22.9 Å². The van der Waals surface area contributed by atoms with Crippen LogP contribution < -0.4 is 21.3 Å². The lowest BCUT2D eigenvalue weighted by molar-refractivity contribution is 0.0980. The lowest BCUT2D eigenvalue weighted by Crippen LogP contribution is -2.37. The molecule has 3 rings (SSSR count). The fraction of sp³-hybridized carbons (Fsp3) is 0.364. The minimum Gasteiger partial charge on any atom is -0.395 e. The molecule has 1 aliphatic rings. The molecule has 160 valence electrons. The fourth-order valence-electron chi connectivity index (χ4n) is 3.59. The lowest BCUT2D eigenvalue weighted by Gasteiger charge is -2.27. The maximum Gasteiger partial charge on any atom is 0.196 e. The molecule has 0 radical (unpaired) electrons. The molecule has 1 aliphatic carbocycles. The van der Waals surface area contributed by atoms with Crippen molar-refractivity contribution in [1.29, 1.82) is 0 Å². The second-order valence-electron chi connectivity index (χ2n) is 7.20. The van der Waals surface area contributed by atoms with Crippen molar-refractivity contribution in [3.05, 3.63) is 58.7 Å². The van der Waals surface area contributed by atoms with Crippen LogP contribution in [0.15, 0.2) is 36.4 Å². The highest BCUT2D eigenvalue weighted by Crippen LogP contribution is 2.36. The molecule has 0 fully saturated rings. The van der Waals surface area contributed by atoms with E-state index >= 15 is 0 Å². The van der Waals surface area contributed by atoms with Gasteiger partial charge in [-0.25, -0.2) is 0 Å². The molecule has 0 saturated carbocycles. The summed E-state index contributed by atoms with van der Waals surface area (Å²) in [6.45, 7) is 4.54. The van der Waals surface area contributed by atoms with Crippen LogP contribution in [0.4, 0.5) is 11.4 Å². The second kappa shape index (κ2) is 9.82. The first-order valence-electron chi connectivity index (χ1n) is 10.0. The summed E-state index contributed by atoms with van der Waals surface area (Å²) in [6.07, 6.45) is -0.435. The zero-order valence-electron chi connectivity index (χ0n) is 17.2. The monoisotopic (exact) mass is 412 g/mol. The van der Waals surface area contributed by atoms with Crippen LogP contribution in [0.5, 0.6) is 0 Å². The molecule has 8 nitrogen and oxygen atoms in total. The number of hydrogen-bond donors (Lipinski definition) is 6. The maximum atomic E-state index is 13.4. The highest BCUT2D eigenvalue weighted by atomic mass is 16.3. The number of aliphatic hydroxyl groups excluding tert-OH is 2. The van der Waals surface area contributed by atoms with Crippen LogP contribution in [0.25, 0.3) is 0 Å². The van der Waals surface area contributed by atoms with Crippen molar-refractivity contribution in [2.75, 3.05) is 36.9 Å². The van der Waals surface area contributed by atoms with E-state index in [1.54, 1.807) is 36.4 Å². The van der Waals surface area contributed by atoms with E-state index in [1.807, 2.05) is 13.8 Å². The van der Waals surface area contributed by atoms with Gasteiger partial charge in [-0.05, 0) is 26.0 Å². The number of anilines is 2. The van der Waals surface area contributed by atoms with E-state index in [2.05, 4.69) is 21.3 Å². The van der Waals surface area contributed by atoms with E-state index in [-0.39, 0.29) is 37.1 Å². The van der Waals surface area contributed by atoms with Gasteiger partial charge in [0.2, 0.25) is 0 Å². The third-order valence-corrected chi connectivity index (χ3v) is 4.94. The summed E-state index contributed by atoms with van der Waals surface area (Å²) >= 11 is 0. The molecule has 0 amide bonds. The van der Waals surface area contributed by atoms with Gasteiger partial charge in [0, 0.05) is 35.6 Å². The summed E-state index contributed by atoms with van der Waals surface area (Å²) in [5.74, 6) is -0.423. The van der Waals surface area contributed by atoms with Crippen LogP contribution in [-0.4, -0.2) is 60.4 Å². The number of fused-ring (bicyclic) bond motifs is 2. The molecular weight excluding hydrogens is 384 g/mol. The Labute approximate surface area is 175 Å². The van der Waals surface area contributed by atoms with Crippen LogP contribution in [-0.2, 0) is 0 Å². The van der Waals surface area contributed by atoms with Gasteiger partial charge in [0.25, 0.3) is 0 Å². The minimum absolute atomic E-state index is 0.00347. The summed E-state index contributed by atoms with van der Waals surface area (Å²) in [4.78, 5) is 26.7. The van der Waals surface area contributed by atoms with Crippen molar-refractivity contribution < 1.29 is 19.8 Å². The zero-order valence-corrected chi connectivity index (χ0v) is 17.2. The van der Waals surface area contributed by atoms with Crippen molar-refractivity contribution in [2.24, 2.45) is 0 Å². The molecule has 0 aliphatic heterocycles. The van der Waals surface area contributed by atoms with Crippen LogP contribution in [0, 0.1) is 0 Å². The molecule has 0 heterocycles. The molecule has 2 atom stereocenters. The topological polar surface area (TPSA) is 123 Å². The minimum atomic E-state index is -0.217. The smallest absolute Gasteiger partial charge is 0.196 e. The first-order valence-corrected chi connectivity index (χ1v) is 10.0. The van der Waals surface area contributed by atoms with Crippen LogP contribution in [0.2, 0.25) is 0 Å². The Bertz CT molecular complexity index is 857. The van der Waals surface area contributed by atoms with Crippen molar-refractivity contribution in [1.82, 2.24) is 10.6 Å². The lowest BCUT2D eigenvalue weighted by atomic mass is 9.82. The summed E-state index contributed by atoms with van der Waals surface area (Å²) in [5, 5.41) is 30.7. The predicted molar refractivity (Wildman–Crippen MR) is 116 cm³/mol. The van der Waals surface area contributed by atoms with Gasteiger partial charge in [0.05, 0.1) is 36.7 Å². The van der Waals surface area contributed by atoms with Crippen molar-refractivity contribution in [3.8, 4) is 0 Å². The Kier molecular flexibility index (Phi) is 7.17. The van der Waals surface area contributed by atoms with E-state index < -0.39 is 0 Å². The van der Waals surface area contributed by atoms with Crippen molar-refractivity contribution in [3.63, 3.8) is 0 Å². The summed E-state index contributed by atoms with van der Waals surface area (Å²) in [7, 11) is 0. The Morgan fingerprint density at radius 1 is 0.733 bits per heavy atom. The number of nitrogens with one attached hydrogen (secondary N) is 4. The van der Waals surface area contributed by atoms with E-state index in [9.17, 15) is 9.59 Å². The molecular formula is C22H28N4O4. The molecule has 2 aromatic rings. The Morgan fingerprint density at radius 3 is 1.50 bits per heavy atom. The van der Waals surface area contributed by atoms with Gasteiger partial charge < -0.3 is 20.8 Å². The molecule has 2 aromatic carbocycles. The number of benzene rings is 2. The molecule has 0 aromatic heterocycles. The number of carbonyl (C=O) groups is 2. The Balaban J connectivity index is 2.04. The molecule has 0 spiro atoms. The average Bonchev–Trinajstić information content (AvgIpc) is 2.75. The average molecular weight is 412 g/mol. The number of rotatable bonds is 10. The largest absolute Gasteiger partial charge is 0.395 e. The molecule has 0 bridgehead atoms. The van der Waals surface area contributed by atoms with Gasteiger partial charge >= 0.3 is 0 Å². The van der Waals surface area contributed by atoms with E-state index in [4.69, 9.17) is 10.2 Å². The first-order chi connectivity index (χ1) is 14.5. The second-order valence-corrected chi connectivity index (χ2v) is 7.20. The van der Waals surface area contributed by atoms with E-state index in [1.165, 1.54) is 0 Å². The third kappa shape index (κ3) is 4.52. The van der Waals surface area contributed by atoms with Crippen molar-refractivity contribution in [2.45, 2.75) is 26.2 Å². The van der Waals surface area contributed by atoms with Gasteiger partial charge in [-0.15, -0.1) is 0 Å². The molecule has 6 N–H and O–H groups in total. The summed E-state index contributed by atoms with van der Waals surface area (Å²) in [5.41, 5.74) is 2.54. The quantitative estimate of drug-likeness (QED) is 0.274. The van der Waals surface area contributed by atoms with Crippen LogP contribution >= 0.6 is 0 Å². The number of ketones is 2. The number of carbonyl (C=O) groups excluding carboxylic acids is 2. The number of aliphatic hydroxyl groups is 2. The molecule has 2 unspecified atom stereocenters. The van der Waals surface area contributed by atoms with Gasteiger partial charge in [0.1, 0.15) is 0 Å². The standard InChI is InChI=1S/C22H28N4O4/c1-13(23-9-11-27)25-17-7-8-18(26-14(2)24-10-12-28)20-19(17)21(29)15-5-3-4-6-16(15)22(20)30/h3-8,13-14,23-28H,9-12H2,1-2H3. The molecule has 0 saturated heterocycles. The predicted octanol–water partition coefficient (Wildman–Crippen LogP) is 1.14. The molecule has 8 heteroatoms. The van der Waals surface area contributed by atoms with E-state index in [0.29, 0.717) is 46.7 Å². The highest BCUT2D eigenvalue weighted by Gasteiger charge is 2.34. The number of hydrogen-bond acceptors (Lipinski definition) is 8. The third-order valence-electron chi connectivity index (χ3n) is 4.94. The Hall–Kier alpha value is -2.78. The van der Waals surface area contributed by atoms with Crippen LogP contribution in [0.1, 0.15) is 45.7 Å². The SMILES string of the molecule is CC(NCCO)Nc1ccc(NC(C)NCCO)c2c1C(=O)c1ccccc1C2=O.